The van der Waals surface area contributed by atoms with Gasteiger partial charge >= 0.3 is 5.97 Å². The van der Waals surface area contributed by atoms with Crippen LogP contribution in [0.15, 0.2) is 53.4 Å². The Morgan fingerprint density at radius 1 is 1.10 bits per heavy atom. The minimum absolute atomic E-state index is 0.0704. The molecule has 1 amide bonds. The van der Waals surface area contributed by atoms with E-state index in [1.54, 1.807) is 0 Å². The maximum atomic E-state index is 12.7. The summed E-state index contributed by atoms with van der Waals surface area (Å²) in [5, 5.41) is 22.4. The molecule has 0 bridgehead atoms. The maximum Gasteiger partial charge on any atom is 0.322 e. The molecular weight excluding hydrogens is 402 g/mol. The van der Waals surface area contributed by atoms with Crippen LogP contribution in [0.3, 0.4) is 0 Å². The number of benzene rings is 2. The summed E-state index contributed by atoms with van der Waals surface area (Å²) in [6.07, 6.45) is 0.734. The molecule has 1 atom stereocenters. The summed E-state index contributed by atoms with van der Waals surface area (Å²) >= 11 is 0. The first-order valence-corrected chi connectivity index (χ1v) is 10.0. The molecule has 11 heteroatoms. The molecule has 2 N–H and O–H groups in total. The predicted molar refractivity (Wildman–Crippen MR) is 102 cm³/mol. The number of rotatable bonds is 6. The fraction of sp³-hybridized carbons (Fsp3) is 0.222. The van der Waals surface area contributed by atoms with Crippen molar-refractivity contribution >= 4 is 33.3 Å². The van der Waals surface area contributed by atoms with Crippen molar-refractivity contribution in [1.29, 1.82) is 0 Å². The van der Waals surface area contributed by atoms with Crippen LogP contribution in [-0.4, -0.2) is 47.2 Å². The van der Waals surface area contributed by atoms with E-state index in [0.29, 0.717) is 12.1 Å². The Hall–Kier alpha value is -3.31. The number of nitro groups is 1. The third-order valence-corrected chi connectivity index (χ3v) is 6.47. The Labute approximate surface area is 166 Å². The number of hydrogen-bond donors (Lipinski definition) is 2. The van der Waals surface area contributed by atoms with Crippen LogP contribution in [0.5, 0.6) is 0 Å². The molecule has 29 heavy (non-hydrogen) atoms. The van der Waals surface area contributed by atoms with Crippen LogP contribution in [0.2, 0.25) is 0 Å². The quantitative estimate of drug-likeness (QED) is 0.538. The van der Waals surface area contributed by atoms with Crippen molar-refractivity contribution < 1.29 is 28.0 Å². The zero-order valence-electron chi connectivity index (χ0n) is 15.0. The molecular formula is C18H17N3O7S. The van der Waals surface area contributed by atoms with Gasteiger partial charge in [-0.3, -0.25) is 19.7 Å². The minimum Gasteiger partial charge on any atom is -0.480 e. The lowest BCUT2D eigenvalue weighted by molar-refractivity contribution is -0.384. The Morgan fingerprint density at radius 2 is 1.72 bits per heavy atom. The highest BCUT2D eigenvalue weighted by Gasteiger charge is 2.39. The molecule has 0 unspecified atom stereocenters. The van der Waals surface area contributed by atoms with Gasteiger partial charge in [-0.25, -0.2) is 8.42 Å². The van der Waals surface area contributed by atoms with E-state index in [-0.39, 0.29) is 29.1 Å². The van der Waals surface area contributed by atoms with Gasteiger partial charge in [0.2, 0.25) is 10.0 Å². The first-order valence-electron chi connectivity index (χ1n) is 8.60. The predicted octanol–water partition coefficient (Wildman–Crippen LogP) is 2.08. The van der Waals surface area contributed by atoms with E-state index in [0.717, 1.165) is 4.31 Å². The average molecular weight is 419 g/mol. The molecule has 10 nitrogen and oxygen atoms in total. The molecule has 1 saturated heterocycles. The van der Waals surface area contributed by atoms with Crippen LogP contribution in [0.1, 0.15) is 23.2 Å². The van der Waals surface area contributed by atoms with Crippen LogP contribution in [-0.2, 0) is 14.8 Å². The summed E-state index contributed by atoms with van der Waals surface area (Å²) in [6, 6.07) is 9.32. The second-order valence-electron chi connectivity index (χ2n) is 6.39. The first-order chi connectivity index (χ1) is 13.7. The molecule has 3 rings (SSSR count). The Balaban J connectivity index is 1.73. The minimum atomic E-state index is -3.97. The lowest BCUT2D eigenvalue weighted by atomic mass is 10.2. The highest BCUT2D eigenvalue weighted by Crippen LogP contribution is 2.27. The lowest BCUT2D eigenvalue weighted by Gasteiger charge is -2.21. The number of carboxylic acid groups (broad SMARTS) is 1. The summed E-state index contributed by atoms with van der Waals surface area (Å²) in [5.74, 6) is -1.70. The van der Waals surface area contributed by atoms with Crippen molar-refractivity contribution in [2.75, 3.05) is 11.9 Å². The van der Waals surface area contributed by atoms with Crippen molar-refractivity contribution in [3.63, 3.8) is 0 Å². The van der Waals surface area contributed by atoms with Gasteiger partial charge in [-0.1, -0.05) is 0 Å². The number of hydrogen-bond acceptors (Lipinski definition) is 6. The van der Waals surface area contributed by atoms with Gasteiger partial charge in [-0.15, -0.1) is 0 Å². The van der Waals surface area contributed by atoms with Crippen LogP contribution >= 0.6 is 0 Å². The largest absolute Gasteiger partial charge is 0.480 e. The Bertz CT molecular complexity index is 1050. The van der Waals surface area contributed by atoms with E-state index in [1.165, 1.54) is 48.5 Å². The highest BCUT2D eigenvalue weighted by molar-refractivity contribution is 7.89. The second-order valence-corrected chi connectivity index (χ2v) is 8.29. The zero-order valence-corrected chi connectivity index (χ0v) is 15.8. The van der Waals surface area contributed by atoms with Crippen LogP contribution in [0, 0.1) is 10.1 Å². The number of anilines is 1. The number of nitro benzene ring substituents is 1. The van der Waals surface area contributed by atoms with Crippen molar-refractivity contribution in [1.82, 2.24) is 4.31 Å². The van der Waals surface area contributed by atoms with Gasteiger partial charge in [0.15, 0.2) is 0 Å². The normalized spacial score (nSPS) is 17.0. The number of nitrogens with one attached hydrogen (secondary N) is 1. The molecule has 0 spiro atoms. The number of sulfonamides is 1. The monoisotopic (exact) mass is 419 g/mol. The molecule has 2 aromatic rings. The number of aliphatic carboxylic acids is 1. The van der Waals surface area contributed by atoms with E-state index < -0.39 is 32.9 Å². The fourth-order valence-electron chi connectivity index (χ4n) is 3.06. The summed E-state index contributed by atoms with van der Waals surface area (Å²) < 4.78 is 26.4. The summed E-state index contributed by atoms with van der Waals surface area (Å²) in [6.45, 7) is 0.137. The second kappa shape index (κ2) is 7.97. The Morgan fingerprint density at radius 3 is 2.28 bits per heavy atom. The number of non-ortho nitro benzene ring substituents is 1. The van der Waals surface area contributed by atoms with E-state index in [2.05, 4.69) is 5.32 Å². The summed E-state index contributed by atoms with van der Waals surface area (Å²) in [7, 11) is -3.97. The van der Waals surface area contributed by atoms with E-state index in [1.807, 2.05) is 0 Å². The number of amides is 1. The van der Waals surface area contributed by atoms with E-state index >= 15 is 0 Å². The fourth-order valence-corrected chi connectivity index (χ4v) is 4.71. The third-order valence-electron chi connectivity index (χ3n) is 4.55. The number of carboxylic acids is 1. The van der Waals surface area contributed by atoms with Gasteiger partial charge in [0.25, 0.3) is 11.6 Å². The standard InChI is InChI=1S/C18H17N3O7S/c22-17(12-3-7-14(8-4-12)21(25)26)19-13-5-9-15(10-6-13)29(27,28)20-11-1-2-16(20)18(23)24/h3-10,16H,1-2,11H2,(H,19,22)(H,23,24)/t16-/m0/s1. The zero-order chi connectivity index (χ0) is 21.2. The van der Waals surface area contributed by atoms with Gasteiger partial charge in [0, 0.05) is 29.9 Å². The maximum absolute atomic E-state index is 12.7. The van der Waals surface area contributed by atoms with Crippen LogP contribution < -0.4 is 5.32 Å². The molecule has 1 fully saturated rings. The number of carbonyl (C=O) groups is 2. The van der Waals surface area contributed by atoms with Gasteiger partial charge < -0.3 is 10.4 Å². The van der Waals surface area contributed by atoms with Crippen molar-refractivity contribution in [2.24, 2.45) is 0 Å². The lowest BCUT2D eigenvalue weighted by Crippen LogP contribution is -2.40. The van der Waals surface area contributed by atoms with Crippen LogP contribution in [0.25, 0.3) is 0 Å². The van der Waals surface area contributed by atoms with Gasteiger partial charge in [0.05, 0.1) is 9.82 Å². The molecule has 152 valence electrons. The molecule has 0 aromatic heterocycles. The average Bonchev–Trinajstić information content (AvgIpc) is 3.19. The van der Waals surface area contributed by atoms with E-state index in [9.17, 15) is 33.2 Å². The highest BCUT2D eigenvalue weighted by atomic mass is 32.2. The van der Waals surface area contributed by atoms with Crippen molar-refractivity contribution in [3.8, 4) is 0 Å². The van der Waals surface area contributed by atoms with Gasteiger partial charge in [-0.05, 0) is 49.2 Å². The van der Waals surface area contributed by atoms with Crippen molar-refractivity contribution in [3.05, 3.63) is 64.2 Å². The van der Waals surface area contributed by atoms with Crippen LogP contribution in [0.4, 0.5) is 11.4 Å². The number of nitrogens with zero attached hydrogens (tertiary/aromatic N) is 2. The summed E-state index contributed by atoms with van der Waals surface area (Å²) in [5.41, 5.74) is 0.384. The SMILES string of the molecule is O=C(Nc1ccc(S(=O)(=O)N2CCC[C@H]2C(=O)O)cc1)c1ccc([N+](=O)[O-])cc1. The molecule has 1 aliphatic rings. The first kappa shape index (κ1) is 20.4. The molecule has 0 aliphatic carbocycles. The molecule has 0 saturated carbocycles. The smallest absolute Gasteiger partial charge is 0.322 e. The molecule has 2 aromatic carbocycles. The van der Waals surface area contributed by atoms with E-state index in [4.69, 9.17) is 0 Å². The van der Waals surface area contributed by atoms with Gasteiger partial charge in [0.1, 0.15) is 6.04 Å². The topological polar surface area (TPSA) is 147 Å². The molecule has 0 radical (unpaired) electrons. The molecule has 1 aliphatic heterocycles. The Kier molecular flexibility index (Phi) is 5.62. The number of carbonyl (C=O) groups excluding carboxylic acids is 1. The third kappa shape index (κ3) is 4.25. The van der Waals surface area contributed by atoms with Gasteiger partial charge in [-0.2, -0.15) is 4.31 Å². The molecule has 1 heterocycles. The summed E-state index contributed by atoms with van der Waals surface area (Å²) in [4.78, 5) is 33.5. The van der Waals surface area contributed by atoms with Crippen molar-refractivity contribution in [2.45, 2.75) is 23.8 Å².